The highest BCUT2D eigenvalue weighted by Crippen LogP contribution is 2.31. The number of carbonyl (C=O) groups is 1. The number of benzene rings is 2. The Morgan fingerprint density at radius 2 is 1.88 bits per heavy atom. The van der Waals surface area contributed by atoms with Crippen molar-refractivity contribution in [2.75, 3.05) is 5.75 Å². The van der Waals surface area contributed by atoms with Crippen molar-refractivity contribution in [3.05, 3.63) is 94.4 Å². The molecular formula is C23H17BrF2N2O3S. The number of ketones is 1. The Bertz CT molecular complexity index is 1420. The monoisotopic (exact) mass is 518 g/mol. The molecule has 0 saturated carbocycles. The molecule has 0 saturated heterocycles. The van der Waals surface area contributed by atoms with Crippen LogP contribution in [0, 0.1) is 11.6 Å². The predicted molar refractivity (Wildman–Crippen MR) is 120 cm³/mol. The normalized spacial score (nSPS) is 11.7. The molecule has 0 unspecified atom stereocenters. The fourth-order valence-corrected chi connectivity index (χ4v) is 5.48. The number of hydrogen-bond donors (Lipinski definition) is 0. The maximum Gasteiger partial charge on any atom is 0.187 e. The van der Waals surface area contributed by atoms with Gasteiger partial charge >= 0.3 is 0 Å². The summed E-state index contributed by atoms with van der Waals surface area (Å²) in [5.41, 5.74) is 1.34. The van der Waals surface area contributed by atoms with Crippen LogP contribution >= 0.6 is 15.9 Å². The van der Waals surface area contributed by atoms with Crippen molar-refractivity contribution in [2.24, 2.45) is 0 Å². The molecule has 0 amide bonds. The molecule has 164 valence electrons. The second-order valence-corrected chi connectivity index (χ2v) is 10.2. The predicted octanol–water partition coefficient (Wildman–Crippen LogP) is 4.71. The third-order valence-corrected chi connectivity index (χ3v) is 7.07. The summed E-state index contributed by atoms with van der Waals surface area (Å²) >= 11 is 3.37. The van der Waals surface area contributed by atoms with Crippen LogP contribution < -0.4 is 0 Å². The SMILES string of the molecule is O=C(Cc1ccccn1)CS(=O)(=O)c1cn(Cc2cccc(Br)c2)c2cc(F)cc(F)c12. The molecule has 0 N–H and O–H groups in total. The minimum absolute atomic E-state index is 0.0956. The molecule has 32 heavy (non-hydrogen) atoms. The number of halogens is 3. The Balaban J connectivity index is 1.73. The summed E-state index contributed by atoms with van der Waals surface area (Å²) in [6.45, 7) is 0.191. The van der Waals surface area contributed by atoms with Crippen LogP contribution in [0.5, 0.6) is 0 Å². The molecule has 0 aliphatic heterocycles. The quantitative estimate of drug-likeness (QED) is 0.355. The van der Waals surface area contributed by atoms with Crippen LogP contribution in [0.3, 0.4) is 0 Å². The van der Waals surface area contributed by atoms with Crippen LogP contribution in [0.4, 0.5) is 8.78 Å². The summed E-state index contributed by atoms with van der Waals surface area (Å²) in [5, 5.41) is -0.230. The summed E-state index contributed by atoms with van der Waals surface area (Å²) in [4.78, 5) is 16.1. The lowest BCUT2D eigenvalue weighted by Gasteiger charge is -2.06. The van der Waals surface area contributed by atoms with E-state index in [1.165, 1.54) is 17.0 Å². The van der Waals surface area contributed by atoms with Gasteiger partial charge in [-0.2, -0.15) is 0 Å². The summed E-state index contributed by atoms with van der Waals surface area (Å²) in [7, 11) is -4.19. The molecule has 0 bridgehead atoms. The molecule has 2 aromatic carbocycles. The van der Waals surface area contributed by atoms with E-state index in [1.807, 2.05) is 18.2 Å². The van der Waals surface area contributed by atoms with Gasteiger partial charge in [0.2, 0.25) is 0 Å². The molecule has 2 heterocycles. The van der Waals surface area contributed by atoms with Gasteiger partial charge in [-0.05, 0) is 35.9 Å². The van der Waals surface area contributed by atoms with Crippen LogP contribution in [0.25, 0.3) is 10.9 Å². The van der Waals surface area contributed by atoms with Crippen molar-refractivity contribution in [3.63, 3.8) is 0 Å². The first-order valence-electron chi connectivity index (χ1n) is 9.59. The Labute approximate surface area is 191 Å². The third-order valence-electron chi connectivity index (χ3n) is 4.90. The van der Waals surface area contributed by atoms with Crippen molar-refractivity contribution in [3.8, 4) is 0 Å². The third kappa shape index (κ3) is 4.78. The van der Waals surface area contributed by atoms with E-state index >= 15 is 0 Å². The minimum atomic E-state index is -4.19. The molecule has 0 fully saturated rings. The first-order valence-corrected chi connectivity index (χ1v) is 12.0. The second kappa shape index (κ2) is 8.91. The number of nitrogens with zero attached hydrogens (tertiary/aromatic N) is 2. The number of aromatic nitrogens is 2. The van der Waals surface area contributed by atoms with Crippen LogP contribution in [-0.2, 0) is 27.6 Å². The molecular weight excluding hydrogens is 502 g/mol. The van der Waals surface area contributed by atoms with Gasteiger partial charge in [-0.25, -0.2) is 17.2 Å². The van der Waals surface area contributed by atoms with E-state index in [9.17, 15) is 22.0 Å². The van der Waals surface area contributed by atoms with Crippen LogP contribution in [-0.4, -0.2) is 29.5 Å². The number of sulfone groups is 1. The Morgan fingerprint density at radius 3 is 2.59 bits per heavy atom. The zero-order valence-electron chi connectivity index (χ0n) is 16.6. The van der Waals surface area contributed by atoms with Gasteiger partial charge in [0, 0.05) is 41.6 Å². The number of fused-ring (bicyclic) bond motifs is 1. The van der Waals surface area contributed by atoms with E-state index in [1.54, 1.807) is 24.3 Å². The molecule has 5 nitrogen and oxygen atoms in total. The average molecular weight is 519 g/mol. The summed E-state index contributed by atoms with van der Waals surface area (Å²) in [6, 6.07) is 14.0. The largest absolute Gasteiger partial charge is 0.342 e. The number of rotatable bonds is 7. The topological polar surface area (TPSA) is 69.0 Å². The zero-order chi connectivity index (χ0) is 22.9. The molecule has 9 heteroatoms. The van der Waals surface area contributed by atoms with Gasteiger partial charge < -0.3 is 4.57 Å². The number of hydrogen-bond acceptors (Lipinski definition) is 4. The van der Waals surface area contributed by atoms with E-state index < -0.39 is 33.0 Å². The van der Waals surface area contributed by atoms with Gasteiger partial charge in [-0.3, -0.25) is 9.78 Å². The summed E-state index contributed by atoms with van der Waals surface area (Å²) in [5.74, 6) is -3.20. The summed E-state index contributed by atoms with van der Waals surface area (Å²) in [6.07, 6.45) is 2.61. The van der Waals surface area contributed by atoms with Crippen molar-refractivity contribution < 1.29 is 22.0 Å². The second-order valence-electron chi connectivity index (χ2n) is 7.33. The lowest BCUT2D eigenvalue weighted by molar-refractivity contribution is -0.116. The van der Waals surface area contributed by atoms with E-state index in [0.717, 1.165) is 16.1 Å². The standard InChI is InChI=1S/C23H17BrF2N2O3S/c24-16-5-3-4-15(8-16)12-28-13-22(23-20(26)9-17(25)10-21(23)28)32(30,31)14-19(29)11-18-6-1-2-7-27-18/h1-10,13H,11-12,14H2. The highest BCUT2D eigenvalue weighted by molar-refractivity contribution is 9.10. The highest BCUT2D eigenvalue weighted by atomic mass is 79.9. The Kier molecular flexibility index (Phi) is 6.21. The van der Waals surface area contributed by atoms with Crippen molar-refractivity contribution in [1.82, 2.24) is 9.55 Å². The Hall–Kier alpha value is -2.91. The van der Waals surface area contributed by atoms with Gasteiger partial charge in [0.05, 0.1) is 15.8 Å². The van der Waals surface area contributed by atoms with Gasteiger partial charge in [0.25, 0.3) is 0 Å². The van der Waals surface area contributed by atoms with E-state index in [4.69, 9.17) is 0 Å². The molecule has 0 atom stereocenters. The highest BCUT2D eigenvalue weighted by Gasteiger charge is 2.27. The first-order chi connectivity index (χ1) is 15.2. The molecule has 0 spiro atoms. The van der Waals surface area contributed by atoms with E-state index in [-0.39, 0.29) is 28.8 Å². The van der Waals surface area contributed by atoms with Crippen molar-refractivity contribution >= 4 is 42.5 Å². The van der Waals surface area contributed by atoms with Crippen LogP contribution in [0.2, 0.25) is 0 Å². The summed E-state index contributed by atoms with van der Waals surface area (Å²) < 4.78 is 57.1. The van der Waals surface area contributed by atoms with Crippen molar-refractivity contribution in [1.29, 1.82) is 0 Å². The first kappa shape index (κ1) is 22.3. The van der Waals surface area contributed by atoms with Gasteiger partial charge in [0.15, 0.2) is 15.6 Å². The van der Waals surface area contributed by atoms with E-state index in [2.05, 4.69) is 20.9 Å². The Morgan fingerprint density at radius 1 is 1.06 bits per heavy atom. The molecule has 2 aromatic heterocycles. The van der Waals surface area contributed by atoms with Gasteiger partial charge in [-0.15, -0.1) is 0 Å². The lowest BCUT2D eigenvalue weighted by Crippen LogP contribution is -2.18. The maximum absolute atomic E-state index is 14.7. The van der Waals surface area contributed by atoms with Crippen LogP contribution in [0.15, 0.2) is 76.4 Å². The fraction of sp³-hybridized carbons (Fsp3) is 0.130. The minimum Gasteiger partial charge on any atom is -0.342 e. The maximum atomic E-state index is 14.7. The molecule has 4 rings (SSSR count). The van der Waals surface area contributed by atoms with E-state index in [0.29, 0.717) is 11.8 Å². The number of Topliss-reactive ketones (excluding diaryl/α,β-unsaturated/α-hetero) is 1. The van der Waals surface area contributed by atoms with Crippen LogP contribution in [0.1, 0.15) is 11.3 Å². The smallest absolute Gasteiger partial charge is 0.187 e. The molecule has 0 radical (unpaired) electrons. The van der Waals surface area contributed by atoms with Gasteiger partial charge in [-0.1, -0.05) is 34.1 Å². The van der Waals surface area contributed by atoms with Crippen molar-refractivity contribution in [2.45, 2.75) is 17.9 Å². The lowest BCUT2D eigenvalue weighted by atomic mass is 10.2. The van der Waals surface area contributed by atoms with Gasteiger partial charge in [0.1, 0.15) is 17.4 Å². The number of pyridine rings is 1. The fourth-order valence-electron chi connectivity index (χ4n) is 3.55. The molecule has 0 aliphatic carbocycles. The molecule has 0 aliphatic rings. The molecule has 4 aromatic rings. The average Bonchev–Trinajstić information content (AvgIpc) is 3.08. The number of carbonyl (C=O) groups excluding carboxylic acids is 1. The zero-order valence-corrected chi connectivity index (χ0v) is 19.0.